The van der Waals surface area contributed by atoms with E-state index in [4.69, 9.17) is 5.11 Å². The number of nitrogens with one attached hydrogen (secondary N) is 1. The molecular formula is C11H14FNO. The zero-order chi connectivity index (χ0) is 9.97. The van der Waals surface area contributed by atoms with Gasteiger partial charge < -0.3 is 10.4 Å². The minimum Gasteiger partial charge on any atom is -0.395 e. The molecular weight excluding hydrogens is 181 g/mol. The van der Waals surface area contributed by atoms with Crippen LogP contribution in [-0.4, -0.2) is 24.3 Å². The van der Waals surface area contributed by atoms with E-state index in [1.165, 1.54) is 12.1 Å². The lowest BCUT2D eigenvalue weighted by Gasteiger charge is -2.17. The second-order valence-corrected chi connectivity index (χ2v) is 3.69. The summed E-state index contributed by atoms with van der Waals surface area (Å²) in [5.74, 6) is 0.112. The predicted molar refractivity (Wildman–Crippen MR) is 52.6 cm³/mol. The first-order valence-electron chi connectivity index (χ1n) is 4.91. The van der Waals surface area contributed by atoms with E-state index >= 15 is 0 Å². The van der Waals surface area contributed by atoms with E-state index in [2.05, 4.69) is 5.32 Å². The Kier molecular flexibility index (Phi) is 2.79. The average Bonchev–Trinajstić information content (AvgIpc) is 2.67. The van der Waals surface area contributed by atoms with Crippen LogP contribution in [-0.2, 0) is 0 Å². The van der Waals surface area contributed by atoms with Crippen molar-refractivity contribution in [2.24, 2.45) is 0 Å². The molecule has 2 atom stereocenters. The van der Waals surface area contributed by atoms with Crippen LogP contribution < -0.4 is 5.32 Å². The number of benzene rings is 1. The van der Waals surface area contributed by atoms with Crippen molar-refractivity contribution in [3.8, 4) is 0 Å². The Hall–Kier alpha value is -0.930. The van der Waals surface area contributed by atoms with Crippen LogP contribution in [0.5, 0.6) is 0 Å². The molecule has 0 spiro atoms. The summed E-state index contributed by atoms with van der Waals surface area (Å²) in [5, 5.41) is 12.3. The summed E-state index contributed by atoms with van der Waals surface area (Å²) in [7, 11) is 0. The van der Waals surface area contributed by atoms with Crippen molar-refractivity contribution in [3.63, 3.8) is 0 Å². The molecule has 2 rings (SSSR count). The van der Waals surface area contributed by atoms with E-state index in [1.807, 2.05) is 0 Å². The Bertz CT molecular complexity index is 299. The number of aliphatic hydroxyl groups is 1. The second kappa shape index (κ2) is 4.07. The summed E-state index contributed by atoms with van der Waals surface area (Å²) in [4.78, 5) is 0. The molecule has 2 nitrogen and oxygen atoms in total. The summed E-state index contributed by atoms with van der Waals surface area (Å²) in [6.07, 6.45) is 1.01. The fourth-order valence-electron chi connectivity index (χ4n) is 2.07. The number of hydrogen-bond acceptors (Lipinski definition) is 2. The highest BCUT2D eigenvalue weighted by Gasteiger charge is 2.27. The zero-order valence-electron chi connectivity index (χ0n) is 7.91. The highest BCUT2D eigenvalue weighted by Crippen LogP contribution is 2.27. The van der Waals surface area contributed by atoms with E-state index in [1.54, 1.807) is 12.1 Å². The Balaban J connectivity index is 2.17. The topological polar surface area (TPSA) is 32.3 Å². The lowest BCUT2D eigenvalue weighted by Crippen LogP contribution is -2.29. The Morgan fingerprint density at radius 3 is 2.71 bits per heavy atom. The highest BCUT2D eigenvalue weighted by atomic mass is 19.1. The molecule has 1 heterocycles. The Labute approximate surface area is 82.8 Å². The minimum atomic E-state index is -0.208. The molecule has 14 heavy (non-hydrogen) atoms. The van der Waals surface area contributed by atoms with Gasteiger partial charge in [0.15, 0.2) is 0 Å². The maximum atomic E-state index is 12.7. The van der Waals surface area contributed by atoms with Crippen molar-refractivity contribution in [2.45, 2.75) is 18.4 Å². The number of hydrogen-bond donors (Lipinski definition) is 2. The molecule has 2 unspecified atom stereocenters. The van der Waals surface area contributed by atoms with Crippen molar-refractivity contribution < 1.29 is 9.50 Å². The second-order valence-electron chi connectivity index (χ2n) is 3.69. The lowest BCUT2D eigenvalue weighted by atomic mass is 9.92. The van der Waals surface area contributed by atoms with Crippen molar-refractivity contribution in [2.75, 3.05) is 13.2 Å². The monoisotopic (exact) mass is 195 g/mol. The van der Waals surface area contributed by atoms with Crippen molar-refractivity contribution >= 4 is 0 Å². The molecule has 0 aromatic heterocycles. The molecule has 1 fully saturated rings. The van der Waals surface area contributed by atoms with Gasteiger partial charge in [0.1, 0.15) is 5.82 Å². The first kappa shape index (κ1) is 9.62. The van der Waals surface area contributed by atoms with Crippen LogP contribution in [0, 0.1) is 5.82 Å². The molecule has 0 aliphatic carbocycles. The van der Waals surface area contributed by atoms with Gasteiger partial charge >= 0.3 is 0 Å². The molecule has 1 saturated heterocycles. The van der Waals surface area contributed by atoms with Crippen molar-refractivity contribution in [1.82, 2.24) is 5.32 Å². The normalized spacial score (nSPS) is 26.7. The molecule has 76 valence electrons. The van der Waals surface area contributed by atoms with Crippen molar-refractivity contribution in [1.29, 1.82) is 0 Å². The molecule has 1 aliphatic heterocycles. The van der Waals surface area contributed by atoms with Gasteiger partial charge in [-0.1, -0.05) is 12.1 Å². The molecule has 0 radical (unpaired) electrons. The maximum absolute atomic E-state index is 12.7. The zero-order valence-corrected chi connectivity index (χ0v) is 7.91. The van der Waals surface area contributed by atoms with Crippen LogP contribution in [0.25, 0.3) is 0 Å². The lowest BCUT2D eigenvalue weighted by molar-refractivity contribution is 0.245. The SMILES string of the molecule is OCC1NCCC1c1ccc(F)cc1. The Morgan fingerprint density at radius 1 is 1.36 bits per heavy atom. The van der Waals surface area contributed by atoms with Gasteiger partial charge in [-0.2, -0.15) is 0 Å². The summed E-state index contributed by atoms with van der Waals surface area (Å²) in [6, 6.07) is 6.68. The van der Waals surface area contributed by atoms with Crippen LogP contribution in [0.15, 0.2) is 24.3 Å². The highest BCUT2D eigenvalue weighted by molar-refractivity contribution is 5.23. The van der Waals surface area contributed by atoms with Crippen LogP contribution in [0.4, 0.5) is 4.39 Å². The molecule has 0 saturated carbocycles. The van der Waals surface area contributed by atoms with E-state index in [9.17, 15) is 4.39 Å². The molecule has 1 aromatic rings. The molecule has 0 amide bonds. The third-order valence-electron chi connectivity index (χ3n) is 2.84. The third kappa shape index (κ3) is 1.79. The molecule has 1 aromatic carbocycles. The first-order valence-corrected chi connectivity index (χ1v) is 4.91. The number of aliphatic hydroxyl groups excluding tert-OH is 1. The first-order chi connectivity index (χ1) is 6.81. The summed E-state index contributed by atoms with van der Waals surface area (Å²) in [6.45, 7) is 1.06. The summed E-state index contributed by atoms with van der Waals surface area (Å²) < 4.78 is 12.7. The van der Waals surface area contributed by atoms with Crippen LogP contribution in [0.2, 0.25) is 0 Å². The van der Waals surface area contributed by atoms with Gasteiger partial charge in [0.2, 0.25) is 0 Å². The Morgan fingerprint density at radius 2 is 2.07 bits per heavy atom. The largest absolute Gasteiger partial charge is 0.395 e. The number of halogens is 1. The van der Waals surface area contributed by atoms with Crippen LogP contribution in [0.3, 0.4) is 0 Å². The van der Waals surface area contributed by atoms with E-state index < -0.39 is 0 Å². The van der Waals surface area contributed by atoms with Gasteiger partial charge in [-0.25, -0.2) is 4.39 Å². The van der Waals surface area contributed by atoms with Crippen LogP contribution >= 0.6 is 0 Å². The molecule has 0 bridgehead atoms. The molecule has 1 aliphatic rings. The molecule has 2 N–H and O–H groups in total. The quantitative estimate of drug-likeness (QED) is 0.744. The van der Waals surface area contributed by atoms with Gasteiger partial charge in [-0.3, -0.25) is 0 Å². The van der Waals surface area contributed by atoms with E-state index in [0.29, 0.717) is 5.92 Å². The van der Waals surface area contributed by atoms with Crippen LogP contribution in [0.1, 0.15) is 17.9 Å². The fraction of sp³-hybridized carbons (Fsp3) is 0.455. The van der Waals surface area contributed by atoms with Gasteiger partial charge in [-0.05, 0) is 30.7 Å². The number of rotatable bonds is 2. The standard InChI is InChI=1S/C11H14FNO/c12-9-3-1-8(2-4-9)10-5-6-13-11(10)7-14/h1-4,10-11,13-14H,5-7H2. The van der Waals surface area contributed by atoms with E-state index in [0.717, 1.165) is 18.5 Å². The van der Waals surface area contributed by atoms with E-state index in [-0.39, 0.29) is 18.5 Å². The fourth-order valence-corrected chi connectivity index (χ4v) is 2.07. The van der Waals surface area contributed by atoms with Gasteiger partial charge in [-0.15, -0.1) is 0 Å². The predicted octanol–water partition coefficient (Wildman–Crippen LogP) is 1.26. The third-order valence-corrected chi connectivity index (χ3v) is 2.84. The van der Waals surface area contributed by atoms with Gasteiger partial charge in [0.05, 0.1) is 6.61 Å². The van der Waals surface area contributed by atoms with Gasteiger partial charge in [0, 0.05) is 12.0 Å². The summed E-state index contributed by atoms with van der Waals surface area (Å²) >= 11 is 0. The van der Waals surface area contributed by atoms with Gasteiger partial charge in [0.25, 0.3) is 0 Å². The average molecular weight is 195 g/mol. The smallest absolute Gasteiger partial charge is 0.123 e. The minimum absolute atomic E-state index is 0.125. The maximum Gasteiger partial charge on any atom is 0.123 e. The molecule has 3 heteroatoms. The van der Waals surface area contributed by atoms with Crippen molar-refractivity contribution in [3.05, 3.63) is 35.6 Å². The summed E-state index contributed by atoms with van der Waals surface area (Å²) in [5.41, 5.74) is 1.11.